The molecule has 0 radical (unpaired) electrons. The average molecular weight is 361 g/mol. The Balaban J connectivity index is 2.37. The molecule has 0 bridgehead atoms. The summed E-state index contributed by atoms with van der Waals surface area (Å²) >= 11 is 3.05. The normalized spacial score (nSPS) is 10.3. The molecule has 0 amide bonds. The molecule has 0 atom stereocenters. The molecule has 2 aromatic rings. The Morgan fingerprint density at radius 2 is 1.90 bits per heavy atom. The molecule has 0 unspecified atom stereocenters. The Labute approximate surface area is 127 Å². The van der Waals surface area contributed by atoms with E-state index in [2.05, 4.69) is 36.2 Å². The van der Waals surface area contributed by atoms with Crippen molar-refractivity contribution >= 4 is 21.9 Å². The largest absolute Gasteiger partial charge is 0.464 e. The third-order valence-corrected chi connectivity index (χ3v) is 2.71. The van der Waals surface area contributed by atoms with Gasteiger partial charge in [-0.3, -0.25) is 0 Å². The van der Waals surface area contributed by atoms with E-state index in [1.54, 1.807) is 14.0 Å². The highest BCUT2D eigenvalue weighted by Gasteiger charge is 2.15. The van der Waals surface area contributed by atoms with Crippen LogP contribution in [-0.2, 0) is 0 Å². The van der Waals surface area contributed by atoms with E-state index in [1.165, 1.54) is 6.07 Å². The third kappa shape index (κ3) is 3.75. The first-order valence-electron chi connectivity index (χ1n) is 5.92. The molecule has 6 nitrogen and oxygen atoms in total. The van der Waals surface area contributed by atoms with E-state index < -0.39 is 11.6 Å². The lowest BCUT2D eigenvalue weighted by Crippen LogP contribution is -2.05. The first-order valence-corrected chi connectivity index (χ1v) is 6.71. The van der Waals surface area contributed by atoms with Crippen LogP contribution in [0.25, 0.3) is 0 Å². The Hall–Kier alpha value is -2.03. The zero-order valence-electron chi connectivity index (χ0n) is 11.2. The molecular formula is C12H11BrF2N4O2. The molecule has 0 aliphatic rings. The molecule has 1 aromatic carbocycles. The van der Waals surface area contributed by atoms with Crippen LogP contribution in [0, 0.1) is 11.6 Å². The second-order valence-electron chi connectivity index (χ2n) is 3.71. The molecule has 112 valence electrons. The predicted octanol–water partition coefficient (Wildman–Crippen LogP) is 3.15. The minimum absolute atomic E-state index is 0.0164. The number of rotatable bonds is 5. The Morgan fingerprint density at radius 1 is 1.19 bits per heavy atom. The molecule has 0 fully saturated rings. The number of nitrogens with zero attached hydrogens (tertiary/aromatic N) is 3. The molecule has 0 saturated heterocycles. The smallest absolute Gasteiger partial charge is 0.330 e. The number of halogens is 3. The van der Waals surface area contributed by atoms with Crippen LogP contribution in [0.5, 0.6) is 17.8 Å². The summed E-state index contributed by atoms with van der Waals surface area (Å²) in [5.41, 5.74) is 0. The van der Waals surface area contributed by atoms with Gasteiger partial charge in [-0.2, -0.15) is 14.4 Å². The highest BCUT2D eigenvalue weighted by Crippen LogP contribution is 2.28. The van der Waals surface area contributed by atoms with E-state index in [9.17, 15) is 8.78 Å². The maximum atomic E-state index is 13.7. The summed E-state index contributed by atoms with van der Waals surface area (Å²) in [6.07, 6.45) is 0. The minimum Gasteiger partial charge on any atom is -0.464 e. The predicted molar refractivity (Wildman–Crippen MR) is 74.7 cm³/mol. The number of aromatic nitrogens is 3. The van der Waals surface area contributed by atoms with Gasteiger partial charge in [-0.25, -0.2) is 4.39 Å². The van der Waals surface area contributed by atoms with Crippen LogP contribution in [0.4, 0.5) is 14.7 Å². The monoisotopic (exact) mass is 360 g/mol. The number of ether oxygens (including phenoxy) is 2. The summed E-state index contributed by atoms with van der Waals surface area (Å²) in [6, 6.07) is 2.05. The zero-order valence-corrected chi connectivity index (χ0v) is 12.7. The van der Waals surface area contributed by atoms with Crippen molar-refractivity contribution in [2.24, 2.45) is 0 Å². The van der Waals surface area contributed by atoms with E-state index >= 15 is 0 Å². The molecular weight excluding hydrogens is 350 g/mol. The first-order chi connectivity index (χ1) is 10.0. The molecule has 1 aromatic heterocycles. The van der Waals surface area contributed by atoms with Gasteiger partial charge in [0.05, 0.1) is 6.61 Å². The molecule has 0 spiro atoms. The second kappa shape index (κ2) is 6.61. The van der Waals surface area contributed by atoms with E-state index in [0.717, 1.165) is 6.07 Å². The lowest BCUT2D eigenvalue weighted by molar-refractivity contribution is 0.302. The average Bonchev–Trinajstić information content (AvgIpc) is 2.44. The fourth-order valence-electron chi connectivity index (χ4n) is 1.39. The van der Waals surface area contributed by atoms with E-state index in [4.69, 9.17) is 9.47 Å². The van der Waals surface area contributed by atoms with Crippen molar-refractivity contribution in [1.29, 1.82) is 0 Å². The van der Waals surface area contributed by atoms with Crippen LogP contribution >= 0.6 is 15.9 Å². The molecule has 1 N–H and O–H groups in total. The van der Waals surface area contributed by atoms with Crippen LogP contribution in [0.3, 0.4) is 0 Å². The van der Waals surface area contributed by atoms with E-state index in [0.29, 0.717) is 11.1 Å². The van der Waals surface area contributed by atoms with Gasteiger partial charge in [0.25, 0.3) is 0 Å². The van der Waals surface area contributed by atoms with Crippen molar-refractivity contribution in [3.8, 4) is 17.8 Å². The second-order valence-corrected chi connectivity index (χ2v) is 4.62. The summed E-state index contributed by atoms with van der Waals surface area (Å²) in [7, 11) is 1.59. The van der Waals surface area contributed by atoms with Crippen molar-refractivity contribution in [3.63, 3.8) is 0 Å². The van der Waals surface area contributed by atoms with E-state index in [-0.39, 0.29) is 23.7 Å². The summed E-state index contributed by atoms with van der Waals surface area (Å²) < 4.78 is 37.6. The van der Waals surface area contributed by atoms with Gasteiger partial charge in [-0.15, -0.1) is 4.98 Å². The van der Waals surface area contributed by atoms with Crippen molar-refractivity contribution < 1.29 is 18.3 Å². The Morgan fingerprint density at radius 3 is 2.57 bits per heavy atom. The molecule has 0 aliphatic carbocycles. The lowest BCUT2D eigenvalue weighted by Gasteiger charge is -2.09. The Bertz CT molecular complexity index is 657. The molecule has 0 saturated carbocycles. The maximum Gasteiger partial charge on any atom is 0.330 e. The van der Waals surface area contributed by atoms with Gasteiger partial charge in [0, 0.05) is 11.5 Å². The number of nitrogens with one attached hydrogen (secondary N) is 1. The van der Waals surface area contributed by atoms with Gasteiger partial charge in [0.1, 0.15) is 0 Å². The Kier molecular flexibility index (Phi) is 4.84. The van der Waals surface area contributed by atoms with Gasteiger partial charge in [-0.05, 0) is 19.1 Å². The van der Waals surface area contributed by atoms with Crippen LogP contribution in [0.15, 0.2) is 16.6 Å². The van der Waals surface area contributed by atoms with Gasteiger partial charge in [-0.1, -0.05) is 15.9 Å². The summed E-state index contributed by atoms with van der Waals surface area (Å²) in [6.45, 7) is 2.10. The maximum absolute atomic E-state index is 13.7. The number of hydrogen-bond donors (Lipinski definition) is 1. The SMILES string of the molecule is CCOc1nc(NC)nc(Oc2cc(Br)cc(F)c2F)n1. The quantitative estimate of drug-likeness (QED) is 0.826. The standard InChI is InChI=1S/C12H11BrF2N4O2/c1-3-20-11-17-10(16-2)18-12(19-11)21-8-5-6(13)4-7(14)9(8)15/h4-5H,3H2,1-2H3,(H,16,17,18,19). The van der Waals surface area contributed by atoms with Crippen LogP contribution in [0.1, 0.15) is 6.92 Å². The van der Waals surface area contributed by atoms with Crippen LogP contribution in [-0.4, -0.2) is 28.6 Å². The van der Waals surface area contributed by atoms with E-state index in [1.807, 2.05) is 0 Å². The van der Waals surface area contributed by atoms with Crippen molar-refractivity contribution in [2.45, 2.75) is 6.92 Å². The van der Waals surface area contributed by atoms with Gasteiger partial charge in [0.15, 0.2) is 11.6 Å². The van der Waals surface area contributed by atoms with Gasteiger partial charge < -0.3 is 14.8 Å². The fraction of sp³-hybridized carbons (Fsp3) is 0.250. The van der Waals surface area contributed by atoms with Crippen molar-refractivity contribution in [3.05, 3.63) is 28.2 Å². The first kappa shape index (κ1) is 15.4. The highest BCUT2D eigenvalue weighted by atomic mass is 79.9. The summed E-state index contributed by atoms with van der Waals surface area (Å²) in [4.78, 5) is 11.7. The number of hydrogen-bond acceptors (Lipinski definition) is 6. The summed E-state index contributed by atoms with van der Waals surface area (Å²) in [5, 5.41) is 2.69. The highest BCUT2D eigenvalue weighted by molar-refractivity contribution is 9.10. The zero-order chi connectivity index (χ0) is 15.4. The molecule has 0 aliphatic heterocycles. The van der Waals surface area contributed by atoms with Crippen molar-refractivity contribution in [1.82, 2.24) is 15.0 Å². The molecule has 2 rings (SSSR count). The minimum atomic E-state index is -1.14. The molecule has 9 heteroatoms. The topological polar surface area (TPSA) is 69.2 Å². The number of anilines is 1. The number of benzene rings is 1. The van der Waals surface area contributed by atoms with Gasteiger partial charge >= 0.3 is 12.0 Å². The van der Waals surface area contributed by atoms with Crippen LogP contribution < -0.4 is 14.8 Å². The fourth-order valence-corrected chi connectivity index (χ4v) is 1.80. The van der Waals surface area contributed by atoms with Crippen molar-refractivity contribution in [2.75, 3.05) is 19.0 Å². The third-order valence-electron chi connectivity index (χ3n) is 2.25. The molecule has 21 heavy (non-hydrogen) atoms. The van der Waals surface area contributed by atoms with Crippen LogP contribution in [0.2, 0.25) is 0 Å². The van der Waals surface area contributed by atoms with Gasteiger partial charge in [0.2, 0.25) is 11.8 Å². The molecule has 1 heterocycles. The lowest BCUT2D eigenvalue weighted by atomic mass is 10.3. The summed E-state index contributed by atoms with van der Waals surface area (Å²) in [5.74, 6) is -2.35.